The van der Waals surface area contributed by atoms with Gasteiger partial charge in [-0.1, -0.05) is 6.07 Å². The molecule has 1 aliphatic heterocycles. The number of methoxy groups -OCH3 is 2. The van der Waals surface area contributed by atoms with Crippen LogP contribution in [0.15, 0.2) is 18.2 Å². The van der Waals surface area contributed by atoms with Crippen LogP contribution in [0.4, 0.5) is 0 Å². The normalized spacial score (nSPS) is 18.2. The maximum atomic E-state index is 12.7. The predicted molar refractivity (Wildman–Crippen MR) is 94.5 cm³/mol. The zero-order chi connectivity index (χ0) is 17.5. The summed E-state index contributed by atoms with van der Waals surface area (Å²) in [5, 5.41) is 3.35. The average molecular weight is 335 g/mol. The molecule has 1 aromatic carbocycles. The fraction of sp³-hybridized carbons (Fsp3) is 0.611. The van der Waals surface area contributed by atoms with E-state index >= 15 is 0 Å². The number of nitrogens with one attached hydrogen (secondary N) is 1. The van der Waals surface area contributed by atoms with Crippen molar-refractivity contribution in [2.24, 2.45) is 0 Å². The Morgan fingerprint density at radius 2 is 2.08 bits per heavy atom. The molecule has 1 saturated heterocycles. The van der Waals surface area contributed by atoms with Crippen molar-refractivity contribution in [3.63, 3.8) is 0 Å². The first-order valence-electron chi connectivity index (χ1n) is 8.52. The molecular formula is C18H29N3O3. The van der Waals surface area contributed by atoms with Crippen LogP contribution >= 0.6 is 0 Å². The van der Waals surface area contributed by atoms with E-state index in [1.807, 2.05) is 30.0 Å². The number of hydrogen-bond acceptors (Lipinski definition) is 5. The molecule has 134 valence electrons. The molecule has 0 unspecified atom stereocenters. The highest BCUT2D eigenvalue weighted by atomic mass is 16.5. The third kappa shape index (κ3) is 4.61. The minimum atomic E-state index is 0.168. The highest BCUT2D eigenvalue weighted by Crippen LogP contribution is 2.28. The molecule has 0 radical (unpaired) electrons. The second-order valence-corrected chi connectivity index (χ2v) is 6.12. The van der Waals surface area contributed by atoms with Crippen LogP contribution in [0.5, 0.6) is 11.5 Å². The van der Waals surface area contributed by atoms with E-state index in [-0.39, 0.29) is 5.91 Å². The molecule has 24 heavy (non-hydrogen) atoms. The van der Waals surface area contributed by atoms with E-state index in [1.54, 1.807) is 14.2 Å². The number of likely N-dealkylation sites (N-methyl/N-ethyl adjacent to an activating group) is 1. The monoisotopic (exact) mass is 335 g/mol. The van der Waals surface area contributed by atoms with Gasteiger partial charge >= 0.3 is 0 Å². The van der Waals surface area contributed by atoms with Gasteiger partial charge in [0.1, 0.15) is 0 Å². The predicted octanol–water partition coefficient (Wildman–Crippen LogP) is 1.35. The van der Waals surface area contributed by atoms with Crippen LogP contribution in [0.25, 0.3) is 0 Å². The summed E-state index contributed by atoms with van der Waals surface area (Å²) in [6.45, 7) is 8.72. The lowest BCUT2D eigenvalue weighted by Gasteiger charge is -2.34. The van der Waals surface area contributed by atoms with E-state index in [0.29, 0.717) is 37.2 Å². The molecule has 1 N–H and O–H groups in total. The van der Waals surface area contributed by atoms with Gasteiger partial charge in [-0.3, -0.25) is 9.69 Å². The van der Waals surface area contributed by atoms with Gasteiger partial charge in [-0.25, -0.2) is 0 Å². The molecule has 2 rings (SSSR count). The summed E-state index contributed by atoms with van der Waals surface area (Å²) in [6.07, 6.45) is 0. The standard InChI is InChI=1S/C18H29N3O3/c1-5-20(18(22)13-21-9-8-19-11-14(21)2)12-15-6-7-16(23-3)17(10-15)24-4/h6-7,10,14,19H,5,8-9,11-13H2,1-4H3/t14-/m1/s1. The lowest BCUT2D eigenvalue weighted by atomic mass is 10.1. The van der Waals surface area contributed by atoms with Gasteiger partial charge in [0.2, 0.25) is 5.91 Å². The molecule has 6 nitrogen and oxygen atoms in total. The number of carbonyl (C=O) groups is 1. The van der Waals surface area contributed by atoms with E-state index in [2.05, 4.69) is 17.1 Å². The highest BCUT2D eigenvalue weighted by molar-refractivity contribution is 5.78. The fourth-order valence-corrected chi connectivity index (χ4v) is 2.97. The molecule has 1 amide bonds. The maximum Gasteiger partial charge on any atom is 0.237 e. The molecule has 1 atom stereocenters. The minimum Gasteiger partial charge on any atom is -0.493 e. The summed E-state index contributed by atoms with van der Waals surface area (Å²) in [5.41, 5.74) is 1.04. The van der Waals surface area contributed by atoms with Crippen LogP contribution in [0, 0.1) is 0 Å². The Morgan fingerprint density at radius 3 is 2.71 bits per heavy atom. The molecule has 0 bridgehead atoms. The van der Waals surface area contributed by atoms with Crippen molar-refractivity contribution in [2.75, 3.05) is 46.9 Å². The van der Waals surface area contributed by atoms with E-state index in [0.717, 1.165) is 25.2 Å². The number of ether oxygens (including phenoxy) is 2. The van der Waals surface area contributed by atoms with E-state index in [9.17, 15) is 4.79 Å². The van der Waals surface area contributed by atoms with Gasteiger partial charge in [-0.2, -0.15) is 0 Å². The molecule has 1 heterocycles. The van der Waals surface area contributed by atoms with Crippen molar-refractivity contribution in [1.82, 2.24) is 15.1 Å². The molecule has 0 spiro atoms. The largest absolute Gasteiger partial charge is 0.493 e. The van der Waals surface area contributed by atoms with Gasteiger partial charge in [0.15, 0.2) is 11.5 Å². The van der Waals surface area contributed by atoms with Crippen molar-refractivity contribution in [1.29, 1.82) is 0 Å². The number of amides is 1. The SMILES string of the molecule is CCN(Cc1ccc(OC)c(OC)c1)C(=O)CN1CCNC[C@H]1C. The summed E-state index contributed by atoms with van der Waals surface area (Å²) >= 11 is 0. The van der Waals surface area contributed by atoms with Gasteiger partial charge in [-0.15, -0.1) is 0 Å². The number of nitrogens with zero attached hydrogens (tertiary/aromatic N) is 2. The number of hydrogen-bond donors (Lipinski definition) is 1. The number of carbonyl (C=O) groups excluding carboxylic acids is 1. The molecule has 0 saturated carbocycles. The molecule has 0 aliphatic carbocycles. The average Bonchev–Trinajstić information content (AvgIpc) is 2.61. The van der Waals surface area contributed by atoms with Crippen LogP contribution in [0.1, 0.15) is 19.4 Å². The third-order valence-electron chi connectivity index (χ3n) is 4.53. The van der Waals surface area contributed by atoms with Crippen LogP contribution < -0.4 is 14.8 Å². The molecular weight excluding hydrogens is 306 g/mol. The molecule has 1 aromatic rings. The minimum absolute atomic E-state index is 0.168. The van der Waals surface area contributed by atoms with Gasteiger partial charge in [0.25, 0.3) is 0 Å². The summed E-state index contributed by atoms with van der Waals surface area (Å²) in [4.78, 5) is 16.8. The zero-order valence-corrected chi connectivity index (χ0v) is 15.2. The Bertz CT molecular complexity index is 550. The first-order chi connectivity index (χ1) is 11.6. The summed E-state index contributed by atoms with van der Waals surface area (Å²) in [7, 11) is 3.24. The lowest BCUT2D eigenvalue weighted by molar-refractivity contribution is -0.133. The maximum absolute atomic E-state index is 12.7. The van der Waals surface area contributed by atoms with Gasteiger partial charge in [0, 0.05) is 38.8 Å². The highest BCUT2D eigenvalue weighted by Gasteiger charge is 2.23. The van der Waals surface area contributed by atoms with Crippen LogP contribution in [0.3, 0.4) is 0 Å². The quantitative estimate of drug-likeness (QED) is 0.815. The molecule has 0 aromatic heterocycles. The summed E-state index contributed by atoms with van der Waals surface area (Å²) in [6, 6.07) is 6.18. The topological polar surface area (TPSA) is 54.0 Å². The summed E-state index contributed by atoms with van der Waals surface area (Å²) < 4.78 is 10.6. The van der Waals surface area contributed by atoms with Gasteiger partial charge < -0.3 is 19.7 Å². The first kappa shape index (κ1) is 18.5. The Balaban J connectivity index is 2.01. The summed E-state index contributed by atoms with van der Waals surface area (Å²) in [5.74, 6) is 1.56. The third-order valence-corrected chi connectivity index (χ3v) is 4.53. The van der Waals surface area contributed by atoms with E-state index in [4.69, 9.17) is 9.47 Å². The van der Waals surface area contributed by atoms with Gasteiger partial charge in [-0.05, 0) is 31.5 Å². The smallest absolute Gasteiger partial charge is 0.237 e. The second-order valence-electron chi connectivity index (χ2n) is 6.12. The molecule has 6 heteroatoms. The molecule has 1 fully saturated rings. The van der Waals surface area contributed by atoms with E-state index < -0.39 is 0 Å². The van der Waals surface area contributed by atoms with Crippen molar-refractivity contribution >= 4 is 5.91 Å². The Hall–Kier alpha value is -1.79. The molecule has 1 aliphatic rings. The van der Waals surface area contributed by atoms with Crippen molar-refractivity contribution < 1.29 is 14.3 Å². The number of benzene rings is 1. The van der Waals surface area contributed by atoms with Crippen LogP contribution in [-0.4, -0.2) is 68.7 Å². The van der Waals surface area contributed by atoms with Crippen LogP contribution in [-0.2, 0) is 11.3 Å². The van der Waals surface area contributed by atoms with E-state index in [1.165, 1.54) is 0 Å². The lowest BCUT2D eigenvalue weighted by Crippen LogP contribution is -2.53. The Morgan fingerprint density at radius 1 is 1.33 bits per heavy atom. The Kier molecular flexibility index (Phi) is 6.87. The van der Waals surface area contributed by atoms with Crippen molar-refractivity contribution in [3.05, 3.63) is 23.8 Å². The number of rotatable bonds is 7. The Labute approximate surface area is 144 Å². The van der Waals surface area contributed by atoms with Crippen molar-refractivity contribution in [3.8, 4) is 11.5 Å². The zero-order valence-electron chi connectivity index (χ0n) is 15.2. The van der Waals surface area contributed by atoms with Gasteiger partial charge in [0.05, 0.1) is 20.8 Å². The van der Waals surface area contributed by atoms with Crippen molar-refractivity contribution in [2.45, 2.75) is 26.4 Å². The fourth-order valence-electron chi connectivity index (χ4n) is 2.97. The number of piperazine rings is 1. The first-order valence-corrected chi connectivity index (χ1v) is 8.52. The second kappa shape index (κ2) is 8.89. The van der Waals surface area contributed by atoms with Crippen LogP contribution in [0.2, 0.25) is 0 Å².